The molecule has 3 aromatic rings. The largest absolute Gasteiger partial charge is 0.506 e. The predicted molar refractivity (Wildman–Crippen MR) is 118 cm³/mol. The summed E-state index contributed by atoms with van der Waals surface area (Å²) in [6.45, 7) is 1.14. The number of nitrogens with one attached hydrogen (secondary N) is 2. The van der Waals surface area contributed by atoms with Gasteiger partial charge in [0.15, 0.2) is 17.5 Å². The van der Waals surface area contributed by atoms with Crippen molar-refractivity contribution in [3.05, 3.63) is 69.9 Å². The van der Waals surface area contributed by atoms with Crippen molar-refractivity contribution in [3.8, 4) is 17.2 Å². The molecule has 0 aliphatic carbocycles. The molecule has 0 saturated heterocycles. The Bertz CT molecular complexity index is 1100. The smallest absolute Gasteiger partial charge is 0.337 e. The van der Waals surface area contributed by atoms with Gasteiger partial charge in [0.25, 0.3) is 0 Å². The third-order valence-electron chi connectivity index (χ3n) is 4.54. The molecule has 0 bridgehead atoms. The molecule has 9 heteroatoms. The number of phenolic OH excluding ortho intramolecular Hbond substituents is 1. The average molecular weight is 439 g/mol. The van der Waals surface area contributed by atoms with Crippen LogP contribution in [0.4, 0.5) is 5.69 Å². The normalized spacial score (nSPS) is 12.5. The van der Waals surface area contributed by atoms with Crippen LogP contribution in [-0.4, -0.2) is 30.9 Å². The minimum Gasteiger partial charge on any atom is -0.506 e. The fourth-order valence-electron chi connectivity index (χ4n) is 2.94. The quantitative estimate of drug-likeness (QED) is 0.233. The first-order chi connectivity index (χ1) is 15.1. The predicted octanol–water partition coefficient (Wildman–Crippen LogP) is 3.73. The number of carbonyl (C=O) groups excluding carboxylic acids is 1. The van der Waals surface area contributed by atoms with Gasteiger partial charge < -0.3 is 30.0 Å². The first kappa shape index (κ1) is 20.5. The van der Waals surface area contributed by atoms with E-state index in [0.29, 0.717) is 41.8 Å². The van der Waals surface area contributed by atoms with Crippen molar-refractivity contribution in [1.29, 1.82) is 0 Å². The second-order valence-corrected chi connectivity index (χ2v) is 7.67. The zero-order chi connectivity index (χ0) is 21.6. The van der Waals surface area contributed by atoms with E-state index in [1.165, 1.54) is 25.3 Å². The van der Waals surface area contributed by atoms with Crippen LogP contribution in [-0.2, 0) is 17.8 Å². The number of phenols is 1. The molecule has 0 spiro atoms. The Labute approximate surface area is 183 Å². The number of methoxy groups -OCH3 is 1. The van der Waals surface area contributed by atoms with Gasteiger partial charge in [-0.25, -0.2) is 9.79 Å². The lowest BCUT2D eigenvalue weighted by Gasteiger charge is -2.14. The maximum absolute atomic E-state index is 11.8. The van der Waals surface area contributed by atoms with Crippen LogP contribution in [0, 0.1) is 0 Å². The monoisotopic (exact) mass is 439 g/mol. The zero-order valence-corrected chi connectivity index (χ0v) is 17.6. The van der Waals surface area contributed by atoms with E-state index >= 15 is 0 Å². The number of hydrogen-bond acceptors (Lipinski definition) is 7. The van der Waals surface area contributed by atoms with Crippen molar-refractivity contribution in [1.82, 2.24) is 5.32 Å². The summed E-state index contributed by atoms with van der Waals surface area (Å²) in [6.07, 6.45) is 0. The molecule has 1 aromatic heterocycles. The number of aliphatic imine (C=N–C) groups is 1. The highest BCUT2D eigenvalue weighted by atomic mass is 32.1. The van der Waals surface area contributed by atoms with Gasteiger partial charge in [-0.15, -0.1) is 11.3 Å². The number of guanidine groups is 1. The van der Waals surface area contributed by atoms with E-state index in [1.54, 1.807) is 11.3 Å². The SMILES string of the molecule is COC(=O)c1ccc(O)c(NC(=NCc2ccc3c(c2)OCO3)NCc2cccs2)c1. The fourth-order valence-corrected chi connectivity index (χ4v) is 3.59. The molecule has 1 aliphatic rings. The number of anilines is 1. The summed E-state index contributed by atoms with van der Waals surface area (Å²) < 4.78 is 15.5. The Morgan fingerprint density at radius 2 is 2.06 bits per heavy atom. The molecule has 2 heterocycles. The molecule has 0 amide bonds. The van der Waals surface area contributed by atoms with Gasteiger partial charge in [-0.2, -0.15) is 0 Å². The van der Waals surface area contributed by atoms with E-state index < -0.39 is 5.97 Å². The summed E-state index contributed by atoms with van der Waals surface area (Å²) in [5.41, 5.74) is 1.59. The lowest BCUT2D eigenvalue weighted by Crippen LogP contribution is -2.30. The van der Waals surface area contributed by atoms with Crippen LogP contribution in [0.2, 0.25) is 0 Å². The Morgan fingerprint density at radius 3 is 2.87 bits per heavy atom. The maximum Gasteiger partial charge on any atom is 0.337 e. The number of carbonyl (C=O) groups is 1. The van der Waals surface area contributed by atoms with Crippen molar-refractivity contribution in [2.24, 2.45) is 4.99 Å². The highest BCUT2D eigenvalue weighted by Gasteiger charge is 2.14. The molecule has 4 rings (SSSR count). The lowest BCUT2D eigenvalue weighted by atomic mass is 10.2. The number of rotatable bonds is 6. The highest BCUT2D eigenvalue weighted by molar-refractivity contribution is 7.09. The Kier molecular flexibility index (Phi) is 6.23. The van der Waals surface area contributed by atoms with Gasteiger partial charge in [-0.3, -0.25) is 0 Å². The number of thiophene rings is 1. The van der Waals surface area contributed by atoms with Gasteiger partial charge in [0.2, 0.25) is 6.79 Å². The molecule has 160 valence electrons. The molecule has 0 fully saturated rings. The molecular formula is C22H21N3O5S. The van der Waals surface area contributed by atoms with E-state index in [2.05, 4.69) is 15.6 Å². The summed E-state index contributed by atoms with van der Waals surface area (Å²) in [4.78, 5) is 17.6. The van der Waals surface area contributed by atoms with E-state index in [-0.39, 0.29) is 12.5 Å². The molecule has 1 aliphatic heterocycles. The van der Waals surface area contributed by atoms with Crippen LogP contribution >= 0.6 is 11.3 Å². The standard InChI is InChI=1S/C22H21N3O5S/c1-28-21(27)15-5-6-18(26)17(10-15)25-22(24-12-16-3-2-8-31-16)23-11-14-4-7-19-20(9-14)30-13-29-19/h2-10,26H,11-13H2,1H3,(H2,23,24,25). The van der Waals surface area contributed by atoms with E-state index in [9.17, 15) is 9.90 Å². The van der Waals surface area contributed by atoms with E-state index in [1.807, 2.05) is 35.7 Å². The number of fused-ring (bicyclic) bond motifs is 1. The molecule has 31 heavy (non-hydrogen) atoms. The Balaban J connectivity index is 1.55. The fraction of sp³-hybridized carbons (Fsp3) is 0.182. The van der Waals surface area contributed by atoms with Gasteiger partial charge in [0.05, 0.1) is 31.5 Å². The van der Waals surface area contributed by atoms with Crippen molar-refractivity contribution >= 4 is 29.0 Å². The second kappa shape index (κ2) is 9.40. The summed E-state index contributed by atoms with van der Waals surface area (Å²) in [7, 11) is 1.31. The van der Waals surface area contributed by atoms with Crippen molar-refractivity contribution in [2.45, 2.75) is 13.1 Å². The van der Waals surface area contributed by atoms with Crippen LogP contribution in [0.25, 0.3) is 0 Å². The van der Waals surface area contributed by atoms with Crippen LogP contribution in [0.15, 0.2) is 58.9 Å². The number of aromatic hydroxyl groups is 1. The number of ether oxygens (including phenoxy) is 3. The summed E-state index contributed by atoms with van der Waals surface area (Å²) in [6, 6.07) is 14.1. The maximum atomic E-state index is 11.8. The van der Waals surface area contributed by atoms with E-state index in [0.717, 1.165) is 10.4 Å². The number of nitrogens with zero attached hydrogens (tertiary/aromatic N) is 1. The molecule has 3 N–H and O–H groups in total. The van der Waals surface area contributed by atoms with Crippen LogP contribution in [0.5, 0.6) is 17.2 Å². The van der Waals surface area contributed by atoms with Crippen LogP contribution < -0.4 is 20.1 Å². The molecular weight excluding hydrogens is 418 g/mol. The number of hydrogen-bond donors (Lipinski definition) is 3. The molecule has 0 saturated carbocycles. The van der Waals surface area contributed by atoms with E-state index in [4.69, 9.17) is 14.2 Å². The van der Waals surface area contributed by atoms with Gasteiger partial charge in [-0.05, 0) is 47.3 Å². The number of esters is 1. The topological polar surface area (TPSA) is 101 Å². The molecule has 8 nitrogen and oxygen atoms in total. The van der Waals surface area contributed by atoms with Gasteiger partial charge in [0.1, 0.15) is 5.75 Å². The molecule has 0 radical (unpaired) electrons. The highest BCUT2D eigenvalue weighted by Crippen LogP contribution is 2.32. The first-order valence-electron chi connectivity index (χ1n) is 9.50. The Hall–Kier alpha value is -3.72. The van der Waals surface area contributed by atoms with Crippen molar-refractivity contribution in [3.63, 3.8) is 0 Å². The minimum absolute atomic E-state index is 0.0126. The third kappa shape index (κ3) is 5.07. The zero-order valence-electron chi connectivity index (χ0n) is 16.8. The number of benzene rings is 2. The van der Waals surface area contributed by atoms with Gasteiger partial charge in [-0.1, -0.05) is 12.1 Å². The van der Waals surface area contributed by atoms with Crippen LogP contribution in [0.3, 0.4) is 0 Å². The van der Waals surface area contributed by atoms with Crippen molar-refractivity contribution < 1.29 is 24.1 Å². The summed E-state index contributed by atoms with van der Waals surface area (Å²) >= 11 is 1.63. The minimum atomic E-state index is -0.492. The Morgan fingerprint density at radius 1 is 1.19 bits per heavy atom. The third-order valence-corrected chi connectivity index (χ3v) is 5.41. The van der Waals surface area contributed by atoms with Crippen LogP contribution in [0.1, 0.15) is 20.8 Å². The van der Waals surface area contributed by atoms with Gasteiger partial charge in [0, 0.05) is 4.88 Å². The summed E-state index contributed by atoms with van der Waals surface area (Å²) in [5.74, 6) is 1.35. The lowest BCUT2D eigenvalue weighted by molar-refractivity contribution is 0.0601. The second-order valence-electron chi connectivity index (χ2n) is 6.63. The average Bonchev–Trinajstić information content (AvgIpc) is 3.47. The first-order valence-corrected chi connectivity index (χ1v) is 10.4. The molecule has 0 unspecified atom stereocenters. The van der Waals surface area contributed by atoms with Gasteiger partial charge >= 0.3 is 5.97 Å². The molecule has 2 aromatic carbocycles. The summed E-state index contributed by atoms with van der Waals surface area (Å²) in [5, 5.41) is 18.6. The van der Waals surface area contributed by atoms with Crippen molar-refractivity contribution in [2.75, 3.05) is 19.2 Å². The molecule has 0 atom stereocenters.